The number of hydrogen-bond donors (Lipinski definition) is 2. The van der Waals surface area contributed by atoms with E-state index in [1.165, 1.54) is 0 Å². The Morgan fingerprint density at radius 2 is 1.36 bits per heavy atom. The summed E-state index contributed by atoms with van der Waals surface area (Å²) in [7, 11) is 0. The van der Waals surface area contributed by atoms with Gasteiger partial charge in [-0.15, -0.1) is 13.2 Å². The van der Waals surface area contributed by atoms with Crippen molar-refractivity contribution in [1.29, 1.82) is 0 Å². The van der Waals surface area contributed by atoms with E-state index in [0.717, 1.165) is 0 Å². The van der Waals surface area contributed by atoms with Crippen LogP contribution >= 0.6 is 0 Å². The van der Waals surface area contributed by atoms with Gasteiger partial charge in [0.25, 0.3) is 0 Å². The molecule has 0 saturated carbocycles. The summed E-state index contributed by atoms with van der Waals surface area (Å²) in [4.78, 5) is 0. The standard InChI is InChI=1S/C6H10O.C2H6O2/c1-3-5-7-6-4-2;3-1-2-4/h3-4H,1-2,5-6H2;3-4H,1-2H2. The van der Waals surface area contributed by atoms with Gasteiger partial charge in [-0.25, -0.2) is 0 Å². The summed E-state index contributed by atoms with van der Waals surface area (Å²) in [5.74, 6) is 0. The number of aliphatic hydroxyl groups is 2. The highest BCUT2D eigenvalue weighted by Gasteiger charge is 1.70. The average Bonchev–Trinajstić information content (AvgIpc) is 2.06. The van der Waals surface area contributed by atoms with Gasteiger partial charge in [0.1, 0.15) is 0 Å². The molecule has 0 heterocycles. The van der Waals surface area contributed by atoms with Gasteiger partial charge in [0.2, 0.25) is 0 Å². The molecule has 0 fully saturated rings. The first-order chi connectivity index (χ1) is 5.33. The van der Waals surface area contributed by atoms with Crippen molar-refractivity contribution >= 4 is 0 Å². The molecule has 0 rings (SSSR count). The van der Waals surface area contributed by atoms with Crippen molar-refractivity contribution in [3.63, 3.8) is 0 Å². The van der Waals surface area contributed by atoms with E-state index in [9.17, 15) is 0 Å². The lowest BCUT2D eigenvalue weighted by Gasteiger charge is -1.89. The molecule has 0 saturated heterocycles. The topological polar surface area (TPSA) is 49.7 Å². The molecule has 3 nitrogen and oxygen atoms in total. The Labute approximate surface area is 67.6 Å². The van der Waals surface area contributed by atoms with E-state index in [4.69, 9.17) is 14.9 Å². The highest BCUT2D eigenvalue weighted by molar-refractivity contribution is 4.68. The first-order valence-corrected chi connectivity index (χ1v) is 3.34. The molecule has 0 aliphatic heterocycles. The molecule has 0 atom stereocenters. The second kappa shape index (κ2) is 16.2. The van der Waals surface area contributed by atoms with Gasteiger partial charge in [-0.05, 0) is 0 Å². The molecule has 0 amide bonds. The Bertz CT molecular complexity index is 71.4. The average molecular weight is 160 g/mol. The predicted molar refractivity (Wildman–Crippen MR) is 45.4 cm³/mol. The van der Waals surface area contributed by atoms with E-state index in [1.807, 2.05) is 0 Å². The quantitative estimate of drug-likeness (QED) is 0.450. The van der Waals surface area contributed by atoms with Crippen molar-refractivity contribution in [3.8, 4) is 0 Å². The third-order valence-corrected chi connectivity index (χ3v) is 0.571. The fourth-order valence-corrected chi connectivity index (χ4v) is 0.235. The van der Waals surface area contributed by atoms with Crippen molar-refractivity contribution in [2.75, 3.05) is 26.4 Å². The SMILES string of the molecule is C=CCOCC=C.OCCO. The van der Waals surface area contributed by atoms with E-state index in [2.05, 4.69) is 13.2 Å². The van der Waals surface area contributed by atoms with Crippen molar-refractivity contribution in [2.45, 2.75) is 0 Å². The summed E-state index contributed by atoms with van der Waals surface area (Å²) >= 11 is 0. The van der Waals surface area contributed by atoms with Gasteiger partial charge in [0, 0.05) is 0 Å². The second-order valence-corrected chi connectivity index (χ2v) is 1.56. The molecule has 2 N–H and O–H groups in total. The van der Waals surface area contributed by atoms with Gasteiger partial charge in [0.15, 0.2) is 0 Å². The van der Waals surface area contributed by atoms with E-state index < -0.39 is 0 Å². The van der Waals surface area contributed by atoms with Crippen molar-refractivity contribution < 1.29 is 14.9 Å². The summed E-state index contributed by atoms with van der Waals surface area (Å²) < 4.78 is 4.90. The van der Waals surface area contributed by atoms with Gasteiger partial charge >= 0.3 is 0 Å². The van der Waals surface area contributed by atoms with Crippen LogP contribution in [-0.4, -0.2) is 36.6 Å². The van der Waals surface area contributed by atoms with E-state index in [-0.39, 0.29) is 13.2 Å². The lowest BCUT2D eigenvalue weighted by atomic mass is 10.6. The molecule has 0 radical (unpaired) electrons. The molecule has 0 aromatic carbocycles. The minimum Gasteiger partial charge on any atom is -0.394 e. The van der Waals surface area contributed by atoms with E-state index >= 15 is 0 Å². The summed E-state index contributed by atoms with van der Waals surface area (Å²) in [6, 6.07) is 0. The lowest BCUT2D eigenvalue weighted by molar-refractivity contribution is 0.186. The van der Waals surface area contributed by atoms with Crippen LogP contribution < -0.4 is 0 Å². The molecule has 0 aliphatic carbocycles. The lowest BCUT2D eigenvalue weighted by Crippen LogP contribution is -1.87. The maximum Gasteiger partial charge on any atom is 0.0662 e. The van der Waals surface area contributed by atoms with Crippen molar-refractivity contribution in [3.05, 3.63) is 25.3 Å². The zero-order valence-electron chi connectivity index (χ0n) is 6.70. The summed E-state index contributed by atoms with van der Waals surface area (Å²) in [5.41, 5.74) is 0. The summed E-state index contributed by atoms with van der Waals surface area (Å²) in [5, 5.41) is 15.2. The fraction of sp³-hybridized carbons (Fsp3) is 0.500. The number of aliphatic hydroxyl groups excluding tert-OH is 2. The number of hydrogen-bond acceptors (Lipinski definition) is 3. The van der Waals surface area contributed by atoms with Crippen LogP contribution in [0.2, 0.25) is 0 Å². The van der Waals surface area contributed by atoms with Crippen molar-refractivity contribution in [2.24, 2.45) is 0 Å². The predicted octanol–water partition coefficient (Wildman–Crippen LogP) is 0.346. The minimum absolute atomic E-state index is 0.125. The zero-order chi connectivity index (χ0) is 8.95. The van der Waals surface area contributed by atoms with Crippen LogP contribution in [0.5, 0.6) is 0 Å². The molecule has 0 aliphatic rings. The minimum atomic E-state index is -0.125. The normalized spacial score (nSPS) is 7.82. The summed E-state index contributed by atoms with van der Waals surface area (Å²) in [6.45, 7) is 7.93. The van der Waals surface area contributed by atoms with Gasteiger partial charge in [-0.2, -0.15) is 0 Å². The largest absolute Gasteiger partial charge is 0.394 e. The maximum absolute atomic E-state index is 7.62. The van der Waals surface area contributed by atoms with Gasteiger partial charge < -0.3 is 14.9 Å². The smallest absolute Gasteiger partial charge is 0.0662 e. The molecule has 3 heteroatoms. The Kier molecular flexibility index (Phi) is 19.1. The molecule has 11 heavy (non-hydrogen) atoms. The van der Waals surface area contributed by atoms with Crippen LogP contribution in [0.4, 0.5) is 0 Å². The molecular weight excluding hydrogens is 144 g/mol. The highest BCUT2D eigenvalue weighted by atomic mass is 16.5. The fourth-order valence-electron chi connectivity index (χ4n) is 0.235. The van der Waals surface area contributed by atoms with Gasteiger partial charge in [-0.1, -0.05) is 12.2 Å². The first-order valence-electron chi connectivity index (χ1n) is 3.34. The van der Waals surface area contributed by atoms with Crippen LogP contribution in [0.25, 0.3) is 0 Å². The maximum atomic E-state index is 7.62. The summed E-state index contributed by atoms with van der Waals surface area (Å²) in [6.07, 6.45) is 3.42. The van der Waals surface area contributed by atoms with Crippen molar-refractivity contribution in [1.82, 2.24) is 0 Å². The molecule has 0 unspecified atom stereocenters. The zero-order valence-corrected chi connectivity index (χ0v) is 6.70. The molecular formula is C8H16O3. The Morgan fingerprint density at radius 1 is 1.00 bits per heavy atom. The monoisotopic (exact) mass is 160 g/mol. The van der Waals surface area contributed by atoms with Gasteiger partial charge in [-0.3, -0.25) is 0 Å². The number of rotatable bonds is 5. The van der Waals surface area contributed by atoms with E-state index in [0.29, 0.717) is 13.2 Å². The van der Waals surface area contributed by atoms with Crippen LogP contribution in [0.15, 0.2) is 25.3 Å². The molecule has 0 bridgehead atoms. The Hall–Kier alpha value is -0.640. The van der Waals surface area contributed by atoms with Gasteiger partial charge in [0.05, 0.1) is 26.4 Å². The molecule has 0 spiro atoms. The van der Waals surface area contributed by atoms with Crippen LogP contribution in [0.3, 0.4) is 0 Å². The van der Waals surface area contributed by atoms with Crippen LogP contribution in [-0.2, 0) is 4.74 Å². The Morgan fingerprint density at radius 3 is 1.55 bits per heavy atom. The second-order valence-electron chi connectivity index (χ2n) is 1.56. The Balaban J connectivity index is 0. The first kappa shape index (κ1) is 13.0. The van der Waals surface area contributed by atoms with E-state index in [1.54, 1.807) is 12.2 Å². The number of ether oxygens (including phenoxy) is 1. The highest BCUT2D eigenvalue weighted by Crippen LogP contribution is 1.72. The molecule has 0 aromatic rings. The third kappa shape index (κ3) is 26.7. The van der Waals surface area contributed by atoms with Crippen LogP contribution in [0, 0.1) is 0 Å². The van der Waals surface area contributed by atoms with Crippen LogP contribution in [0.1, 0.15) is 0 Å². The molecule has 0 aromatic heterocycles. The third-order valence-electron chi connectivity index (χ3n) is 0.571. The molecule has 66 valence electrons.